The maximum atomic E-state index is 11.5. The van der Waals surface area contributed by atoms with Crippen LogP contribution in [0.2, 0.25) is 5.15 Å². The van der Waals surface area contributed by atoms with Gasteiger partial charge in [-0.2, -0.15) is 5.10 Å². The van der Waals surface area contributed by atoms with Crippen LogP contribution in [0.5, 0.6) is 0 Å². The average molecular weight is 341 g/mol. The van der Waals surface area contributed by atoms with E-state index in [-0.39, 0.29) is 11.5 Å². The zero-order chi connectivity index (χ0) is 16.4. The van der Waals surface area contributed by atoms with E-state index in [0.29, 0.717) is 19.6 Å². The minimum Gasteiger partial charge on any atom is -0.373 e. The van der Waals surface area contributed by atoms with Gasteiger partial charge >= 0.3 is 0 Å². The second-order valence-electron chi connectivity index (χ2n) is 6.53. The Morgan fingerprint density at radius 2 is 2.13 bits per heavy atom. The molecule has 2 aliphatic heterocycles. The van der Waals surface area contributed by atoms with Gasteiger partial charge in [-0.3, -0.25) is 14.4 Å². The zero-order valence-corrected chi connectivity index (χ0v) is 14.7. The summed E-state index contributed by atoms with van der Waals surface area (Å²) in [7, 11) is 1.89. The molecule has 2 saturated heterocycles. The number of aromatic nitrogens is 2. The van der Waals surface area contributed by atoms with Crippen LogP contribution in [-0.2, 0) is 29.5 Å². The molecule has 1 spiro atoms. The van der Waals surface area contributed by atoms with Crippen LogP contribution in [0, 0.1) is 0 Å². The van der Waals surface area contributed by atoms with Gasteiger partial charge in [0.25, 0.3) is 0 Å². The van der Waals surface area contributed by atoms with Gasteiger partial charge in [-0.1, -0.05) is 18.5 Å². The van der Waals surface area contributed by atoms with Gasteiger partial charge in [-0.15, -0.1) is 0 Å². The molecule has 1 aromatic heterocycles. The topological polar surface area (TPSA) is 59.4 Å². The highest BCUT2D eigenvalue weighted by molar-refractivity contribution is 6.30. The van der Waals surface area contributed by atoms with Crippen molar-refractivity contribution < 1.29 is 9.53 Å². The van der Waals surface area contributed by atoms with Crippen molar-refractivity contribution in [1.82, 2.24) is 20.0 Å². The molecule has 0 bridgehead atoms. The van der Waals surface area contributed by atoms with Crippen molar-refractivity contribution in [2.45, 2.75) is 44.8 Å². The van der Waals surface area contributed by atoms with Crippen molar-refractivity contribution in [3.05, 3.63) is 16.4 Å². The van der Waals surface area contributed by atoms with Crippen LogP contribution in [0.4, 0.5) is 0 Å². The van der Waals surface area contributed by atoms with Crippen LogP contribution in [0.25, 0.3) is 0 Å². The Hall–Kier alpha value is -1.11. The number of nitrogens with zero attached hydrogens (tertiary/aromatic N) is 3. The molecule has 0 atom stereocenters. The molecule has 7 heteroatoms. The van der Waals surface area contributed by atoms with Crippen LogP contribution in [0.15, 0.2) is 0 Å². The van der Waals surface area contributed by atoms with Crippen molar-refractivity contribution >= 4 is 17.5 Å². The molecule has 1 amide bonds. The van der Waals surface area contributed by atoms with Crippen molar-refractivity contribution in [1.29, 1.82) is 0 Å². The van der Waals surface area contributed by atoms with E-state index in [1.165, 1.54) is 0 Å². The predicted octanol–water partition coefficient (Wildman–Crippen LogP) is 1.51. The van der Waals surface area contributed by atoms with E-state index in [9.17, 15) is 4.79 Å². The summed E-state index contributed by atoms with van der Waals surface area (Å²) >= 11 is 6.39. The third-order valence-electron chi connectivity index (χ3n) is 4.98. The second kappa shape index (κ2) is 6.79. The molecular formula is C16H25ClN4O2. The normalized spacial score (nSPS) is 22.1. The number of piperidine rings is 1. The minimum absolute atomic E-state index is 0.0963. The molecule has 0 radical (unpaired) electrons. The first-order chi connectivity index (χ1) is 11.0. The molecule has 3 heterocycles. The summed E-state index contributed by atoms with van der Waals surface area (Å²) in [5, 5.41) is 8.20. The van der Waals surface area contributed by atoms with Gasteiger partial charge < -0.3 is 10.1 Å². The molecule has 6 nitrogen and oxygen atoms in total. The van der Waals surface area contributed by atoms with Crippen molar-refractivity contribution in [2.24, 2.45) is 7.05 Å². The lowest BCUT2D eigenvalue weighted by atomic mass is 9.90. The van der Waals surface area contributed by atoms with Crippen molar-refractivity contribution in [3.63, 3.8) is 0 Å². The fourth-order valence-corrected chi connectivity index (χ4v) is 3.67. The lowest BCUT2D eigenvalue weighted by molar-refractivity contribution is -0.120. The molecule has 0 aliphatic carbocycles. The molecule has 1 aromatic rings. The molecule has 2 fully saturated rings. The zero-order valence-electron chi connectivity index (χ0n) is 13.9. The average Bonchev–Trinajstić information content (AvgIpc) is 2.71. The van der Waals surface area contributed by atoms with Crippen LogP contribution in [0.3, 0.4) is 0 Å². The molecule has 0 aromatic carbocycles. The van der Waals surface area contributed by atoms with E-state index in [1.54, 1.807) is 4.68 Å². The number of carbonyl (C=O) groups is 1. The first kappa shape index (κ1) is 16.7. The minimum atomic E-state index is -0.186. The summed E-state index contributed by atoms with van der Waals surface area (Å²) in [5.41, 5.74) is 2.04. The Labute approximate surface area is 142 Å². The maximum Gasteiger partial charge on any atom is 0.222 e. The number of rotatable bonds is 3. The quantitative estimate of drug-likeness (QED) is 0.906. The number of ether oxygens (including phenoxy) is 1. The highest BCUT2D eigenvalue weighted by Crippen LogP contribution is 2.30. The predicted molar refractivity (Wildman–Crippen MR) is 88.4 cm³/mol. The Balaban J connectivity index is 1.62. The lowest BCUT2D eigenvalue weighted by Crippen LogP contribution is -2.50. The number of hydrogen-bond acceptors (Lipinski definition) is 4. The van der Waals surface area contributed by atoms with E-state index in [2.05, 4.69) is 22.2 Å². The number of hydrogen-bond donors (Lipinski definition) is 1. The summed E-state index contributed by atoms with van der Waals surface area (Å²) in [6, 6.07) is 0. The highest BCUT2D eigenvalue weighted by atomic mass is 35.5. The van der Waals surface area contributed by atoms with Crippen LogP contribution in [-0.4, -0.2) is 52.4 Å². The summed E-state index contributed by atoms with van der Waals surface area (Å²) < 4.78 is 7.78. The third-order valence-corrected chi connectivity index (χ3v) is 5.45. The van der Waals surface area contributed by atoms with Gasteiger partial charge in [0.05, 0.1) is 17.9 Å². The molecule has 2 aliphatic rings. The largest absolute Gasteiger partial charge is 0.373 e. The van der Waals surface area contributed by atoms with Gasteiger partial charge in [0.2, 0.25) is 5.91 Å². The van der Waals surface area contributed by atoms with Crippen LogP contribution < -0.4 is 5.32 Å². The SMILES string of the molecule is CCc1nn(C)c(Cl)c1CN1CCC2(CC1)CNC(=O)CCO2. The molecule has 1 N–H and O–H groups in total. The summed E-state index contributed by atoms with van der Waals surface area (Å²) in [6.07, 6.45) is 3.23. The van der Waals surface area contributed by atoms with Gasteiger partial charge in [0.1, 0.15) is 5.15 Å². The number of aryl methyl sites for hydroxylation is 2. The molecule has 23 heavy (non-hydrogen) atoms. The first-order valence-electron chi connectivity index (χ1n) is 8.36. The van der Waals surface area contributed by atoms with Crippen LogP contribution in [0.1, 0.15) is 37.4 Å². The Morgan fingerprint density at radius 3 is 2.83 bits per heavy atom. The van der Waals surface area contributed by atoms with E-state index in [1.807, 2.05) is 7.05 Å². The molecule has 0 unspecified atom stereocenters. The molecule has 0 saturated carbocycles. The van der Waals surface area contributed by atoms with E-state index in [4.69, 9.17) is 16.3 Å². The monoisotopic (exact) mass is 340 g/mol. The van der Waals surface area contributed by atoms with Gasteiger partial charge in [-0.05, 0) is 19.3 Å². The number of carbonyl (C=O) groups excluding carboxylic acids is 1. The fourth-order valence-electron chi connectivity index (χ4n) is 3.46. The Kier molecular flexibility index (Phi) is 4.94. The highest BCUT2D eigenvalue weighted by Gasteiger charge is 2.37. The van der Waals surface area contributed by atoms with Crippen molar-refractivity contribution in [3.8, 4) is 0 Å². The smallest absolute Gasteiger partial charge is 0.222 e. The third kappa shape index (κ3) is 3.54. The first-order valence-corrected chi connectivity index (χ1v) is 8.74. The molecule has 128 valence electrons. The van der Waals surface area contributed by atoms with Gasteiger partial charge in [-0.25, -0.2) is 0 Å². The number of amides is 1. The lowest BCUT2D eigenvalue weighted by Gasteiger charge is -2.40. The summed E-state index contributed by atoms with van der Waals surface area (Å²) in [5.74, 6) is 0.0963. The number of likely N-dealkylation sites (tertiary alicyclic amines) is 1. The van der Waals surface area contributed by atoms with E-state index >= 15 is 0 Å². The van der Waals surface area contributed by atoms with Crippen molar-refractivity contribution in [2.75, 3.05) is 26.2 Å². The Morgan fingerprint density at radius 1 is 1.39 bits per heavy atom. The Bertz CT molecular complexity index is 579. The molecule has 3 rings (SSSR count). The molecular weight excluding hydrogens is 316 g/mol. The van der Waals surface area contributed by atoms with E-state index in [0.717, 1.165) is 55.3 Å². The fraction of sp³-hybridized carbons (Fsp3) is 0.750. The number of nitrogens with one attached hydrogen (secondary N) is 1. The number of halogens is 1. The summed E-state index contributed by atoms with van der Waals surface area (Å²) in [6.45, 7) is 6.00. The second-order valence-corrected chi connectivity index (χ2v) is 6.89. The summed E-state index contributed by atoms with van der Waals surface area (Å²) in [4.78, 5) is 13.9. The van der Waals surface area contributed by atoms with Gasteiger partial charge in [0.15, 0.2) is 0 Å². The maximum absolute atomic E-state index is 11.5. The van der Waals surface area contributed by atoms with E-state index < -0.39 is 0 Å². The van der Waals surface area contributed by atoms with Crippen LogP contribution >= 0.6 is 11.6 Å². The van der Waals surface area contributed by atoms with Gasteiger partial charge in [0, 0.05) is 45.2 Å². The standard InChI is InChI=1S/C16H25ClN4O2/c1-3-13-12(15(17)20(2)19-13)10-21-7-5-16(6-8-21)11-18-14(22)4-9-23-16/h3-11H2,1-2H3,(H,18,22).